The fraction of sp³-hybridized carbons (Fsp3) is 0.538. The highest BCUT2D eigenvalue weighted by Crippen LogP contribution is 2.16. The molecule has 1 unspecified atom stereocenters. The minimum atomic E-state index is -0.205. The number of ether oxygens (including phenoxy) is 2. The van der Waals surface area contributed by atoms with Crippen LogP contribution in [0.2, 0.25) is 0 Å². The fourth-order valence-electron chi connectivity index (χ4n) is 1.44. The lowest BCUT2D eigenvalue weighted by Gasteiger charge is -2.15. The van der Waals surface area contributed by atoms with Crippen LogP contribution in [0, 0.1) is 12.7 Å². The van der Waals surface area contributed by atoms with Crippen LogP contribution in [0.1, 0.15) is 12.5 Å². The topological polar surface area (TPSA) is 30.5 Å². The lowest BCUT2D eigenvalue weighted by atomic mass is 10.2. The molecule has 0 fully saturated rings. The number of benzene rings is 1. The summed E-state index contributed by atoms with van der Waals surface area (Å²) >= 11 is 0. The second-order valence-corrected chi connectivity index (χ2v) is 4.04. The van der Waals surface area contributed by atoms with E-state index in [4.69, 9.17) is 9.47 Å². The van der Waals surface area contributed by atoms with E-state index in [2.05, 4.69) is 5.32 Å². The highest BCUT2D eigenvalue weighted by molar-refractivity contribution is 5.28. The van der Waals surface area contributed by atoms with Gasteiger partial charge in [0.25, 0.3) is 0 Å². The van der Waals surface area contributed by atoms with Crippen LogP contribution in [0.3, 0.4) is 0 Å². The molecule has 1 aromatic carbocycles. The zero-order valence-corrected chi connectivity index (χ0v) is 10.6. The Morgan fingerprint density at radius 2 is 2.18 bits per heavy atom. The SMILES string of the molecule is COCCNCC(C)Oc1ccc(F)c(C)c1. The van der Waals surface area contributed by atoms with Crippen molar-refractivity contribution in [3.63, 3.8) is 0 Å². The highest BCUT2D eigenvalue weighted by Gasteiger charge is 2.05. The van der Waals surface area contributed by atoms with E-state index in [0.717, 1.165) is 13.1 Å². The molecule has 0 spiro atoms. The normalized spacial score (nSPS) is 12.5. The first-order chi connectivity index (χ1) is 8.13. The number of aryl methyl sites for hydroxylation is 1. The van der Waals surface area contributed by atoms with Crippen molar-refractivity contribution in [2.24, 2.45) is 0 Å². The molecule has 0 aromatic heterocycles. The predicted molar refractivity (Wildman–Crippen MR) is 66.0 cm³/mol. The van der Waals surface area contributed by atoms with Gasteiger partial charge in [0.2, 0.25) is 0 Å². The molecule has 96 valence electrons. The van der Waals surface area contributed by atoms with E-state index in [1.165, 1.54) is 6.07 Å². The molecular formula is C13H20FNO2. The van der Waals surface area contributed by atoms with Crippen molar-refractivity contribution in [1.82, 2.24) is 5.32 Å². The van der Waals surface area contributed by atoms with Gasteiger partial charge in [-0.15, -0.1) is 0 Å². The number of halogens is 1. The van der Waals surface area contributed by atoms with Crippen LogP contribution in [-0.2, 0) is 4.74 Å². The maximum atomic E-state index is 13.0. The maximum Gasteiger partial charge on any atom is 0.126 e. The molecule has 0 aliphatic rings. The van der Waals surface area contributed by atoms with Gasteiger partial charge >= 0.3 is 0 Å². The minimum Gasteiger partial charge on any atom is -0.489 e. The summed E-state index contributed by atoms with van der Waals surface area (Å²) in [5.41, 5.74) is 0.599. The molecule has 1 rings (SSSR count). The molecule has 3 nitrogen and oxygen atoms in total. The van der Waals surface area contributed by atoms with Crippen LogP contribution in [-0.4, -0.2) is 32.9 Å². The summed E-state index contributed by atoms with van der Waals surface area (Å²) in [7, 11) is 1.67. The molecule has 0 aliphatic carbocycles. The predicted octanol–water partition coefficient (Wildman–Crippen LogP) is 2.14. The lowest BCUT2D eigenvalue weighted by molar-refractivity contribution is 0.184. The maximum absolute atomic E-state index is 13.0. The quantitative estimate of drug-likeness (QED) is 0.742. The Labute approximate surface area is 102 Å². The summed E-state index contributed by atoms with van der Waals surface area (Å²) in [6.45, 7) is 5.91. The standard InChI is InChI=1S/C13H20FNO2/c1-10-8-12(4-5-13(10)14)17-11(2)9-15-6-7-16-3/h4-5,8,11,15H,6-7,9H2,1-3H3. The smallest absolute Gasteiger partial charge is 0.126 e. The van der Waals surface area contributed by atoms with Crippen molar-refractivity contribution < 1.29 is 13.9 Å². The Balaban J connectivity index is 2.34. The molecule has 0 radical (unpaired) electrons. The van der Waals surface area contributed by atoms with E-state index in [1.54, 1.807) is 26.2 Å². The number of rotatable bonds is 7. The minimum absolute atomic E-state index is 0.0386. The van der Waals surface area contributed by atoms with Crippen molar-refractivity contribution in [3.05, 3.63) is 29.6 Å². The molecule has 0 saturated carbocycles. The van der Waals surface area contributed by atoms with Gasteiger partial charge in [-0.2, -0.15) is 0 Å². The summed E-state index contributed by atoms with van der Waals surface area (Å²) < 4.78 is 23.6. The van der Waals surface area contributed by atoms with Crippen molar-refractivity contribution in [3.8, 4) is 5.75 Å². The van der Waals surface area contributed by atoms with Crippen molar-refractivity contribution in [2.75, 3.05) is 26.8 Å². The first kappa shape index (κ1) is 13.9. The molecule has 0 bridgehead atoms. The molecule has 1 N–H and O–H groups in total. The van der Waals surface area contributed by atoms with Crippen LogP contribution in [0.25, 0.3) is 0 Å². The molecule has 1 atom stereocenters. The summed E-state index contributed by atoms with van der Waals surface area (Å²) in [5.74, 6) is 0.494. The Morgan fingerprint density at radius 1 is 1.41 bits per heavy atom. The van der Waals surface area contributed by atoms with Gasteiger partial charge in [-0.05, 0) is 37.6 Å². The Morgan fingerprint density at radius 3 is 2.82 bits per heavy atom. The van der Waals surface area contributed by atoms with Crippen LogP contribution >= 0.6 is 0 Å². The molecule has 0 heterocycles. The van der Waals surface area contributed by atoms with Gasteiger partial charge in [0, 0.05) is 20.2 Å². The zero-order chi connectivity index (χ0) is 12.7. The molecule has 0 aliphatic heterocycles. The molecule has 4 heteroatoms. The molecule has 17 heavy (non-hydrogen) atoms. The van der Waals surface area contributed by atoms with Crippen LogP contribution in [0.4, 0.5) is 4.39 Å². The average molecular weight is 241 g/mol. The summed E-state index contributed by atoms with van der Waals surface area (Å²) in [6, 6.07) is 4.78. The molecule has 0 saturated heterocycles. The first-order valence-electron chi connectivity index (χ1n) is 5.76. The Kier molecular flexibility index (Phi) is 5.94. The monoisotopic (exact) mass is 241 g/mol. The summed E-state index contributed by atoms with van der Waals surface area (Å²) in [4.78, 5) is 0. The van der Waals surface area contributed by atoms with Gasteiger partial charge in [-0.3, -0.25) is 0 Å². The summed E-state index contributed by atoms with van der Waals surface area (Å²) in [5, 5.41) is 3.21. The van der Waals surface area contributed by atoms with Crippen LogP contribution in [0.15, 0.2) is 18.2 Å². The van der Waals surface area contributed by atoms with Gasteiger partial charge in [-0.1, -0.05) is 0 Å². The zero-order valence-electron chi connectivity index (χ0n) is 10.6. The van der Waals surface area contributed by atoms with E-state index in [1.807, 2.05) is 6.92 Å². The van der Waals surface area contributed by atoms with Gasteiger partial charge in [-0.25, -0.2) is 4.39 Å². The fourth-order valence-corrected chi connectivity index (χ4v) is 1.44. The first-order valence-corrected chi connectivity index (χ1v) is 5.76. The average Bonchev–Trinajstić information content (AvgIpc) is 2.30. The van der Waals surface area contributed by atoms with E-state index in [9.17, 15) is 4.39 Å². The molecule has 1 aromatic rings. The van der Waals surface area contributed by atoms with E-state index >= 15 is 0 Å². The number of hydrogen-bond donors (Lipinski definition) is 1. The van der Waals surface area contributed by atoms with Crippen molar-refractivity contribution in [1.29, 1.82) is 0 Å². The second kappa shape index (κ2) is 7.25. The molecular weight excluding hydrogens is 221 g/mol. The van der Waals surface area contributed by atoms with Gasteiger partial charge in [0.05, 0.1) is 6.61 Å². The largest absolute Gasteiger partial charge is 0.489 e. The van der Waals surface area contributed by atoms with Crippen LogP contribution < -0.4 is 10.1 Å². The van der Waals surface area contributed by atoms with Crippen LogP contribution in [0.5, 0.6) is 5.75 Å². The van der Waals surface area contributed by atoms with Gasteiger partial charge in [0.1, 0.15) is 17.7 Å². The number of nitrogens with one attached hydrogen (secondary N) is 1. The molecule has 0 amide bonds. The van der Waals surface area contributed by atoms with E-state index in [0.29, 0.717) is 17.9 Å². The third-order valence-electron chi connectivity index (χ3n) is 2.38. The third kappa shape index (κ3) is 5.15. The van der Waals surface area contributed by atoms with Crippen molar-refractivity contribution >= 4 is 0 Å². The lowest BCUT2D eigenvalue weighted by Crippen LogP contribution is -2.31. The Hall–Kier alpha value is -1.13. The summed E-state index contributed by atoms with van der Waals surface area (Å²) in [6.07, 6.45) is 0.0386. The number of hydrogen-bond acceptors (Lipinski definition) is 3. The van der Waals surface area contributed by atoms with Crippen molar-refractivity contribution in [2.45, 2.75) is 20.0 Å². The van der Waals surface area contributed by atoms with E-state index < -0.39 is 0 Å². The number of methoxy groups -OCH3 is 1. The van der Waals surface area contributed by atoms with Gasteiger partial charge in [0.15, 0.2) is 0 Å². The van der Waals surface area contributed by atoms with E-state index in [-0.39, 0.29) is 11.9 Å². The second-order valence-electron chi connectivity index (χ2n) is 4.04. The Bertz CT molecular complexity index is 344. The third-order valence-corrected chi connectivity index (χ3v) is 2.38. The van der Waals surface area contributed by atoms with Gasteiger partial charge < -0.3 is 14.8 Å². The highest BCUT2D eigenvalue weighted by atomic mass is 19.1.